The number of amides is 1. The van der Waals surface area contributed by atoms with E-state index in [1.807, 2.05) is 25.7 Å². The first-order valence-electron chi connectivity index (χ1n) is 11.1. The maximum absolute atomic E-state index is 12.7. The number of benzene rings is 1. The van der Waals surface area contributed by atoms with Gasteiger partial charge in [0, 0.05) is 18.8 Å². The zero-order chi connectivity index (χ0) is 21.9. The van der Waals surface area contributed by atoms with Gasteiger partial charge in [-0.3, -0.25) is 4.90 Å². The third-order valence-electron chi connectivity index (χ3n) is 6.87. The van der Waals surface area contributed by atoms with Gasteiger partial charge in [0.2, 0.25) is 0 Å². The molecule has 3 aliphatic heterocycles. The third kappa shape index (κ3) is 3.94. The SMILES string of the molecule is CC(C)(C)OC(=O)N1C2CCC1CN(c1ccc(B3OC(C)(C)C(C)(C)O3)cc1)C2. The Morgan fingerprint density at radius 1 is 1.00 bits per heavy atom. The Balaban J connectivity index is 1.43. The van der Waals surface area contributed by atoms with Crippen LogP contribution >= 0.6 is 0 Å². The molecule has 2 bridgehead atoms. The number of carbonyl (C=O) groups is 1. The average molecular weight is 414 g/mol. The highest BCUT2D eigenvalue weighted by atomic mass is 16.7. The minimum Gasteiger partial charge on any atom is -0.444 e. The maximum Gasteiger partial charge on any atom is 0.494 e. The van der Waals surface area contributed by atoms with Crippen LogP contribution in [-0.4, -0.2) is 60.1 Å². The van der Waals surface area contributed by atoms with E-state index in [1.54, 1.807) is 0 Å². The minimum absolute atomic E-state index is 0.175. The van der Waals surface area contributed by atoms with Crippen LogP contribution in [-0.2, 0) is 14.0 Å². The molecule has 3 aliphatic rings. The van der Waals surface area contributed by atoms with Crippen LogP contribution in [0.4, 0.5) is 10.5 Å². The van der Waals surface area contributed by atoms with Crippen LogP contribution in [0.15, 0.2) is 24.3 Å². The lowest BCUT2D eigenvalue weighted by atomic mass is 9.79. The smallest absolute Gasteiger partial charge is 0.444 e. The molecule has 3 heterocycles. The molecule has 164 valence electrons. The largest absolute Gasteiger partial charge is 0.494 e. The Bertz CT molecular complexity index is 772. The molecule has 1 amide bonds. The fourth-order valence-electron chi connectivity index (χ4n) is 4.55. The van der Waals surface area contributed by atoms with Crippen LogP contribution in [0.3, 0.4) is 0 Å². The van der Waals surface area contributed by atoms with Crippen molar-refractivity contribution in [1.82, 2.24) is 4.90 Å². The Morgan fingerprint density at radius 2 is 1.50 bits per heavy atom. The van der Waals surface area contributed by atoms with Gasteiger partial charge in [0.15, 0.2) is 0 Å². The molecule has 0 spiro atoms. The standard InChI is InChI=1S/C23H35BN2O4/c1-21(2,3)28-20(27)26-18-12-13-19(26)15-25(14-18)17-10-8-16(9-11-17)24-29-22(4,5)23(6,7)30-24/h8-11,18-19H,12-15H2,1-7H3. The monoisotopic (exact) mass is 414 g/mol. The Hall–Kier alpha value is -1.73. The third-order valence-corrected chi connectivity index (χ3v) is 6.87. The van der Waals surface area contributed by atoms with Gasteiger partial charge < -0.3 is 18.9 Å². The van der Waals surface area contributed by atoms with Crippen LogP contribution < -0.4 is 10.4 Å². The van der Waals surface area contributed by atoms with Gasteiger partial charge in [-0.1, -0.05) is 12.1 Å². The van der Waals surface area contributed by atoms with Gasteiger partial charge in [0.25, 0.3) is 0 Å². The van der Waals surface area contributed by atoms with Gasteiger partial charge >= 0.3 is 13.2 Å². The number of fused-ring (bicyclic) bond motifs is 2. The summed E-state index contributed by atoms with van der Waals surface area (Å²) in [7, 11) is -0.343. The predicted octanol–water partition coefficient (Wildman–Crippen LogP) is 3.57. The molecule has 0 aliphatic carbocycles. The van der Waals surface area contributed by atoms with Crippen LogP contribution in [0.1, 0.15) is 61.3 Å². The molecule has 3 fully saturated rings. The van der Waals surface area contributed by atoms with E-state index in [9.17, 15) is 4.79 Å². The number of piperazine rings is 1. The van der Waals surface area contributed by atoms with Gasteiger partial charge in [-0.15, -0.1) is 0 Å². The molecule has 0 aromatic heterocycles. The van der Waals surface area contributed by atoms with E-state index in [0.29, 0.717) is 0 Å². The average Bonchev–Trinajstić information content (AvgIpc) is 3.02. The maximum atomic E-state index is 12.7. The lowest BCUT2D eigenvalue weighted by molar-refractivity contribution is 0.00578. The van der Waals surface area contributed by atoms with Gasteiger partial charge in [-0.25, -0.2) is 4.79 Å². The molecule has 2 atom stereocenters. The summed E-state index contributed by atoms with van der Waals surface area (Å²) in [6, 6.07) is 8.90. The van der Waals surface area contributed by atoms with E-state index in [-0.39, 0.29) is 36.5 Å². The Kier molecular flexibility index (Phi) is 5.13. The number of anilines is 1. The lowest BCUT2D eigenvalue weighted by Crippen LogP contribution is -2.56. The first-order chi connectivity index (χ1) is 13.9. The van der Waals surface area contributed by atoms with Crippen LogP contribution in [0, 0.1) is 0 Å². The van der Waals surface area contributed by atoms with E-state index < -0.39 is 5.60 Å². The van der Waals surface area contributed by atoms with Crippen molar-refractivity contribution in [2.75, 3.05) is 18.0 Å². The number of ether oxygens (including phenoxy) is 1. The van der Waals surface area contributed by atoms with Crippen molar-refractivity contribution in [3.8, 4) is 0 Å². The van der Waals surface area contributed by atoms with Crippen molar-refractivity contribution in [1.29, 1.82) is 0 Å². The van der Waals surface area contributed by atoms with Crippen molar-refractivity contribution in [3.63, 3.8) is 0 Å². The van der Waals surface area contributed by atoms with Crippen molar-refractivity contribution in [3.05, 3.63) is 24.3 Å². The Morgan fingerprint density at radius 3 is 1.97 bits per heavy atom. The highest BCUT2D eigenvalue weighted by molar-refractivity contribution is 6.62. The quantitative estimate of drug-likeness (QED) is 0.693. The van der Waals surface area contributed by atoms with Crippen molar-refractivity contribution < 1.29 is 18.8 Å². The zero-order valence-corrected chi connectivity index (χ0v) is 19.4. The molecular formula is C23H35BN2O4. The van der Waals surface area contributed by atoms with E-state index in [0.717, 1.165) is 31.4 Å². The summed E-state index contributed by atoms with van der Waals surface area (Å²) >= 11 is 0. The topological polar surface area (TPSA) is 51.2 Å². The first-order valence-corrected chi connectivity index (χ1v) is 11.1. The molecule has 30 heavy (non-hydrogen) atoms. The highest BCUT2D eigenvalue weighted by Gasteiger charge is 2.51. The molecule has 6 nitrogen and oxygen atoms in total. The Labute approximate surface area is 181 Å². The summed E-state index contributed by atoms with van der Waals surface area (Å²) in [4.78, 5) is 17.0. The number of rotatable bonds is 2. The zero-order valence-electron chi connectivity index (χ0n) is 19.4. The van der Waals surface area contributed by atoms with E-state index in [4.69, 9.17) is 14.0 Å². The number of nitrogens with zero attached hydrogens (tertiary/aromatic N) is 2. The number of hydrogen-bond acceptors (Lipinski definition) is 5. The summed E-state index contributed by atoms with van der Waals surface area (Å²) in [5.74, 6) is 0. The fraction of sp³-hybridized carbons (Fsp3) is 0.696. The van der Waals surface area contributed by atoms with E-state index in [1.165, 1.54) is 5.69 Å². The van der Waals surface area contributed by atoms with Crippen LogP contribution in [0.25, 0.3) is 0 Å². The molecule has 1 aromatic rings. The van der Waals surface area contributed by atoms with E-state index >= 15 is 0 Å². The predicted molar refractivity (Wildman–Crippen MR) is 119 cm³/mol. The summed E-state index contributed by atoms with van der Waals surface area (Å²) in [5, 5.41) is 0. The van der Waals surface area contributed by atoms with Crippen LogP contribution in [0.5, 0.6) is 0 Å². The summed E-state index contributed by atoms with van der Waals surface area (Å²) in [5.41, 5.74) is 1.07. The van der Waals surface area contributed by atoms with Crippen molar-refractivity contribution in [2.45, 2.75) is 90.2 Å². The first kappa shape index (κ1) is 21.5. The van der Waals surface area contributed by atoms with Crippen molar-refractivity contribution >= 4 is 24.4 Å². The highest BCUT2D eigenvalue weighted by Crippen LogP contribution is 2.37. The minimum atomic E-state index is -0.461. The molecule has 0 N–H and O–H groups in total. The summed E-state index contributed by atoms with van der Waals surface area (Å²) < 4.78 is 18.0. The van der Waals surface area contributed by atoms with Gasteiger partial charge in [-0.2, -0.15) is 0 Å². The molecule has 2 unspecified atom stereocenters. The molecule has 1 aromatic carbocycles. The normalized spacial score (nSPS) is 27.5. The molecule has 7 heteroatoms. The summed E-state index contributed by atoms with van der Waals surface area (Å²) in [6.07, 6.45) is 1.89. The second kappa shape index (κ2) is 7.16. The van der Waals surface area contributed by atoms with Gasteiger partial charge in [0.1, 0.15) is 5.60 Å². The van der Waals surface area contributed by atoms with Crippen molar-refractivity contribution in [2.24, 2.45) is 0 Å². The molecule has 3 saturated heterocycles. The molecular weight excluding hydrogens is 379 g/mol. The molecule has 4 rings (SSSR count). The molecule has 0 radical (unpaired) electrons. The van der Waals surface area contributed by atoms with Gasteiger partial charge in [-0.05, 0) is 78.9 Å². The van der Waals surface area contributed by atoms with Crippen LogP contribution in [0.2, 0.25) is 0 Å². The number of hydrogen-bond donors (Lipinski definition) is 0. The second-order valence-electron chi connectivity index (χ2n) is 10.9. The fourth-order valence-corrected chi connectivity index (χ4v) is 4.55. The lowest BCUT2D eigenvalue weighted by Gasteiger charge is -2.42. The molecule has 0 saturated carbocycles. The number of carbonyl (C=O) groups excluding carboxylic acids is 1. The second-order valence-corrected chi connectivity index (χ2v) is 10.9. The van der Waals surface area contributed by atoms with E-state index in [2.05, 4.69) is 56.9 Å². The van der Waals surface area contributed by atoms with Gasteiger partial charge in [0.05, 0.1) is 23.3 Å². The summed E-state index contributed by atoms with van der Waals surface area (Å²) in [6.45, 7) is 15.7.